The fourth-order valence-electron chi connectivity index (χ4n) is 0.993. The molecule has 1 aromatic heterocycles. The maximum absolute atomic E-state index is 12.2. The molecule has 0 N–H and O–H groups in total. The first kappa shape index (κ1) is 10.3. The SMILES string of the molecule is Cc1c(C=O)cc(C(F)F)nc1C#N. The van der Waals surface area contributed by atoms with Gasteiger partial charge in [0.25, 0.3) is 6.43 Å². The Morgan fingerprint density at radius 1 is 1.64 bits per heavy atom. The molecule has 1 rings (SSSR count). The number of aromatic nitrogens is 1. The van der Waals surface area contributed by atoms with Gasteiger partial charge in [-0.25, -0.2) is 13.8 Å². The Morgan fingerprint density at radius 2 is 2.29 bits per heavy atom. The highest BCUT2D eigenvalue weighted by atomic mass is 19.3. The Balaban J connectivity index is 3.41. The van der Waals surface area contributed by atoms with E-state index in [9.17, 15) is 13.6 Å². The molecule has 5 heteroatoms. The lowest BCUT2D eigenvalue weighted by molar-refractivity contribution is 0.112. The number of halogens is 2. The zero-order chi connectivity index (χ0) is 10.7. The lowest BCUT2D eigenvalue weighted by Gasteiger charge is -2.04. The Hall–Kier alpha value is -1.83. The van der Waals surface area contributed by atoms with Crippen LogP contribution in [0.3, 0.4) is 0 Å². The number of alkyl halides is 2. The lowest BCUT2D eigenvalue weighted by Crippen LogP contribution is -2.00. The van der Waals surface area contributed by atoms with Crippen molar-refractivity contribution in [1.82, 2.24) is 4.98 Å². The molecule has 1 heterocycles. The van der Waals surface area contributed by atoms with Gasteiger partial charge in [0.1, 0.15) is 23.7 Å². The normalized spacial score (nSPS) is 9.93. The number of carbonyl (C=O) groups excluding carboxylic acids is 1. The molecule has 0 unspecified atom stereocenters. The van der Waals surface area contributed by atoms with Gasteiger partial charge in [-0.1, -0.05) is 0 Å². The van der Waals surface area contributed by atoms with E-state index in [4.69, 9.17) is 5.26 Å². The zero-order valence-electron chi connectivity index (χ0n) is 7.29. The Morgan fingerprint density at radius 3 is 2.71 bits per heavy atom. The van der Waals surface area contributed by atoms with Crippen LogP contribution < -0.4 is 0 Å². The Kier molecular flexibility index (Phi) is 2.87. The highest BCUT2D eigenvalue weighted by molar-refractivity contribution is 5.78. The molecule has 0 atom stereocenters. The molecule has 0 fully saturated rings. The van der Waals surface area contributed by atoms with Gasteiger partial charge in [0.2, 0.25) is 0 Å². The van der Waals surface area contributed by atoms with Crippen LogP contribution in [0.2, 0.25) is 0 Å². The van der Waals surface area contributed by atoms with Crippen molar-refractivity contribution >= 4 is 6.29 Å². The van der Waals surface area contributed by atoms with Crippen molar-refractivity contribution in [3.8, 4) is 6.07 Å². The van der Waals surface area contributed by atoms with Crippen molar-refractivity contribution in [1.29, 1.82) is 5.26 Å². The van der Waals surface area contributed by atoms with Crippen LogP contribution in [0.4, 0.5) is 8.78 Å². The van der Waals surface area contributed by atoms with E-state index in [1.165, 1.54) is 6.92 Å². The second kappa shape index (κ2) is 3.92. The number of hydrogen-bond donors (Lipinski definition) is 0. The lowest BCUT2D eigenvalue weighted by atomic mass is 10.1. The van der Waals surface area contributed by atoms with Gasteiger partial charge < -0.3 is 0 Å². The largest absolute Gasteiger partial charge is 0.298 e. The number of hydrogen-bond acceptors (Lipinski definition) is 3. The Labute approximate surface area is 79.0 Å². The van der Waals surface area contributed by atoms with Crippen LogP contribution in [0, 0.1) is 18.3 Å². The minimum absolute atomic E-state index is 0.0758. The summed E-state index contributed by atoms with van der Waals surface area (Å²) in [5.74, 6) is 0. The monoisotopic (exact) mass is 196 g/mol. The van der Waals surface area contributed by atoms with Crippen molar-refractivity contribution in [2.75, 3.05) is 0 Å². The van der Waals surface area contributed by atoms with E-state index in [1.54, 1.807) is 6.07 Å². The number of carbonyl (C=O) groups is 1. The molecule has 72 valence electrons. The Bertz CT molecular complexity index is 410. The third kappa shape index (κ3) is 1.74. The summed E-state index contributed by atoms with van der Waals surface area (Å²) in [6, 6.07) is 2.66. The summed E-state index contributed by atoms with van der Waals surface area (Å²) < 4.78 is 24.5. The van der Waals surface area contributed by atoms with E-state index in [0.29, 0.717) is 11.8 Å². The van der Waals surface area contributed by atoms with Crippen molar-refractivity contribution in [3.05, 3.63) is 28.6 Å². The van der Waals surface area contributed by atoms with Crippen LogP contribution in [0.25, 0.3) is 0 Å². The predicted molar refractivity (Wildman–Crippen MR) is 44.0 cm³/mol. The van der Waals surface area contributed by atoms with Crippen LogP contribution in [0.15, 0.2) is 6.07 Å². The number of nitrogens with zero attached hydrogens (tertiary/aromatic N) is 2. The molecule has 0 aliphatic carbocycles. The smallest absolute Gasteiger partial charge is 0.280 e. The average Bonchev–Trinajstić information content (AvgIpc) is 2.17. The highest BCUT2D eigenvalue weighted by Gasteiger charge is 2.14. The summed E-state index contributed by atoms with van der Waals surface area (Å²) in [5, 5.41) is 8.57. The molecule has 0 aliphatic rings. The van der Waals surface area contributed by atoms with Crippen LogP contribution in [0.5, 0.6) is 0 Å². The van der Waals surface area contributed by atoms with Gasteiger partial charge in [-0.2, -0.15) is 5.26 Å². The van der Waals surface area contributed by atoms with E-state index in [2.05, 4.69) is 4.98 Å². The average molecular weight is 196 g/mol. The van der Waals surface area contributed by atoms with Crippen molar-refractivity contribution in [2.45, 2.75) is 13.3 Å². The molecule has 14 heavy (non-hydrogen) atoms. The third-order valence-electron chi connectivity index (χ3n) is 1.79. The molecular formula is C9H6F2N2O. The first-order valence-corrected chi connectivity index (χ1v) is 3.75. The molecule has 0 saturated carbocycles. The number of rotatable bonds is 2. The van der Waals surface area contributed by atoms with Gasteiger partial charge in [0.15, 0.2) is 0 Å². The maximum atomic E-state index is 12.2. The molecule has 0 aliphatic heterocycles. The van der Waals surface area contributed by atoms with Gasteiger partial charge >= 0.3 is 0 Å². The fraction of sp³-hybridized carbons (Fsp3) is 0.222. The van der Waals surface area contributed by atoms with Crippen LogP contribution >= 0.6 is 0 Å². The van der Waals surface area contributed by atoms with Crippen LogP contribution in [0.1, 0.15) is 33.7 Å². The second-order valence-corrected chi connectivity index (χ2v) is 2.64. The predicted octanol–water partition coefficient (Wildman–Crippen LogP) is 2.01. The van der Waals surface area contributed by atoms with E-state index in [0.717, 1.165) is 6.07 Å². The van der Waals surface area contributed by atoms with Crippen LogP contribution in [-0.2, 0) is 0 Å². The summed E-state index contributed by atoms with van der Waals surface area (Å²) in [4.78, 5) is 13.9. The summed E-state index contributed by atoms with van der Waals surface area (Å²) in [7, 11) is 0. The van der Waals surface area contributed by atoms with E-state index in [-0.39, 0.29) is 11.3 Å². The minimum Gasteiger partial charge on any atom is -0.298 e. The van der Waals surface area contributed by atoms with Crippen molar-refractivity contribution in [3.63, 3.8) is 0 Å². The maximum Gasteiger partial charge on any atom is 0.280 e. The minimum atomic E-state index is -2.78. The van der Waals surface area contributed by atoms with E-state index < -0.39 is 12.1 Å². The van der Waals surface area contributed by atoms with Crippen molar-refractivity contribution in [2.24, 2.45) is 0 Å². The number of nitriles is 1. The molecule has 0 radical (unpaired) electrons. The fourth-order valence-corrected chi connectivity index (χ4v) is 0.993. The van der Waals surface area contributed by atoms with Gasteiger partial charge in [0.05, 0.1) is 0 Å². The van der Waals surface area contributed by atoms with Gasteiger partial charge in [0, 0.05) is 5.56 Å². The molecule has 0 saturated heterocycles. The molecule has 0 aromatic carbocycles. The van der Waals surface area contributed by atoms with E-state index in [1.807, 2.05) is 0 Å². The summed E-state index contributed by atoms with van der Waals surface area (Å²) >= 11 is 0. The molecular weight excluding hydrogens is 190 g/mol. The third-order valence-corrected chi connectivity index (χ3v) is 1.79. The van der Waals surface area contributed by atoms with Gasteiger partial charge in [-0.3, -0.25) is 4.79 Å². The summed E-state index contributed by atoms with van der Waals surface area (Å²) in [6.45, 7) is 1.49. The molecule has 0 bridgehead atoms. The standard InChI is InChI=1S/C9H6F2N2O/c1-5-6(4-14)2-7(9(10)11)13-8(5)3-12/h2,4,9H,1H3. The highest BCUT2D eigenvalue weighted by Crippen LogP contribution is 2.20. The number of aldehydes is 1. The van der Waals surface area contributed by atoms with Crippen molar-refractivity contribution < 1.29 is 13.6 Å². The molecule has 3 nitrogen and oxygen atoms in total. The molecule has 0 amide bonds. The second-order valence-electron chi connectivity index (χ2n) is 2.64. The summed E-state index contributed by atoms with van der Waals surface area (Å²) in [6.07, 6.45) is -2.34. The molecule has 0 spiro atoms. The quantitative estimate of drug-likeness (QED) is 0.680. The summed E-state index contributed by atoms with van der Waals surface area (Å²) in [5.41, 5.74) is -0.280. The zero-order valence-corrected chi connectivity index (χ0v) is 7.29. The first-order valence-electron chi connectivity index (χ1n) is 3.75. The topological polar surface area (TPSA) is 53.8 Å². The first-order chi connectivity index (χ1) is 6.60. The van der Waals surface area contributed by atoms with E-state index >= 15 is 0 Å². The van der Waals surface area contributed by atoms with Gasteiger partial charge in [-0.15, -0.1) is 0 Å². The number of pyridine rings is 1. The van der Waals surface area contributed by atoms with Gasteiger partial charge in [-0.05, 0) is 18.6 Å². The van der Waals surface area contributed by atoms with Crippen LogP contribution in [-0.4, -0.2) is 11.3 Å². The molecule has 1 aromatic rings.